The van der Waals surface area contributed by atoms with Crippen LogP contribution in [0.3, 0.4) is 0 Å². The Bertz CT molecular complexity index is 767. The van der Waals surface area contributed by atoms with E-state index in [4.69, 9.17) is 0 Å². The fraction of sp³-hybridized carbons (Fsp3) is 0.444. The van der Waals surface area contributed by atoms with Crippen LogP contribution in [0.2, 0.25) is 0 Å². The van der Waals surface area contributed by atoms with Crippen molar-refractivity contribution in [3.05, 3.63) is 40.9 Å². The second-order valence-corrected chi connectivity index (χ2v) is 8.29. The third kappa shape index (κ3) is 4.22. The Balaban J connectivity index is 1.60. The molecule has 3 rings (SSSR count). The highest BCUT2D eigenvalue weighted by Crippen LogP contribution is 2.28. The van der Waals surface area contributed by atoms with E-state index in [1.807, 2.05) is 30.3 Å². The molecule has 1 aliphatic rings. The first kappa shape index (κ1) is 17.5. The number of aromatic nitrogens is 2. The smallest absolute Gasteiger partial charge is 0.231 e. The minimum absolute atomic E-state index is 0.0108. The molecule has 2 aromatic rings. The van der Waals surface area contributed by atoms with Crippen molar-refractivity contribution in [2.45, 2.75) is 39.2 Å². The minimum atomic E-state index is -0.349. The molecule has 7 heteroatoms. The number of carbonyl (C=O) groups excluding carboxylic acids is 2. The quantitative estimate of drug-likeness (QED) is 0.912. The molecule has 132 valence electrons. The van der Waals surface area contributed by atoms with Crippen molar-refractivity contribution in [1.29, 1.82) is 0 Å². The van der Waals surface area contributed by atoms with Gasteiger partial charge in [-0.1, -0.05) is 62.4 Å². The molecule has 1 N–H and O–H groups in total. The molecular weight excluding hydrogens is 336 g/mol. The Morgan fingerprint density at radius 2 is 2.00 bits per heavy atom. The van der Waals surface area contributed by atoms with Crippen molar-refractivity contribution in [3.8, 4) is 0 Å². The van der Waals surface area contributed by atoms with Crippen molar-refractivity contribution in [1.82, 2.24) is 15.1 Å². The third-order valence-corrected chi connectivity index (χ3v) is 5.36. The summed E-state index contributed by atoms with van der Waals surface area (Å²) in [7, 11) is 0. The van der Waals surface area contributed by atoms with Crippen molar-refractivity contribution < 1.29 is 9.59 Å². The Kier molecular flexibility index (Phi) is 4.85. The topological polar surface area (TPSA) is 75.2 Å². The van der Waals surface area contributed by atoms with Crippen LogP contribution in [0.5, 0.6) is 0 Å². The Morgan fingerprint density at radius 3 is 2.64 bits per heavy atom. The van der Waals surface area contributed by atoms with E-state index in [1.54, 1.807) is 4.90 Å². The molecule has 0 saturated carbocycles. The molecule has 6 nitrogen and oxygen atoms in total. The first-order valence-electron chi connectivity index (χ1n) is 8.29. The number of amides is 2. The van der Waals surface area contributed by atoms with Crippen LogP contribution in [0, 0.1) is 5.92 Å². The van der Waals surface area contributed by atoms with E-state index in [0.29, 0.717) is 18.2 Å². The maximum Gasteiger partial charge on any atom is 0.231 e. The largest absolute Gasteiger partial charge is 0.338 e. The molecule has 2 heterocycles. The summed E-state index contributed by atoms with van der Waals surface area (Å²) in [5.74, 6) is -0.504. The van der Waals surface area contributed by atoms with E-state index in [2.05, 4.69) is 36.3 Å². The lowest BCUT2D eigenvalue weighted by Gasteiger charge is -2.16. The summed E-state index contributed by atoms with van der Waals surface area (Å²) in [6.07, 6.45) is 0.240. The van der Waals surface area contributed by atoms with E-state index in [1.165, 1.54) is 11.3 Å². The van der Waals surface area contributed by atoms with Gasteiger partial charge in [-0.3, -0.25) is 9.59 Å². The lowest BCUT2D eigenvalue weighted by molar-refractivity contribution is -0.128. The van der Waals surface area contributed by atoms with Gasteiger partial charge in [0.15, 0.2) is 0 Å². The van der Waals surface area contributed by atoms with Gasteiger partial charge in [-0.05, 0) is 5.56 Å². The Morgan fingerprint density at radius 1 is 1.28 bits per heavy atom. The van der Waals surface area contributed by atoms with Crippen LogP contribution in [-0.2, 0) is 21.5 Å². The molecular formula is C18H22N4O2S. The van der Waals surface area contributed by atoms with Crippen molar-refractivity contribution in [2.75, 3.05) is 11.9 Å². The molecule has 25 heavy (non-hydrogen) atoms. The van der Waals surface area contributed by atoms with Gasteiger partial charge in [0.05, 0.1) is 5.92 Å². The van der Waals surface area contributed by atoms with Gasteiger partial charge in [0, 0.05) is 24.9 Å². The van der Waals surface area contributed by atoms with Gasteiger partial charge >= 0.3 is 0 Å². The first-order chi connectivity index (χ1) is 11.8. The zero-order chi connectivity index (χ0) is 18.0. The highest BCUT2D eigenvalue weighted by atomic mass is 32.1. The average Bonchev–Trinajstić information content (AvgIpc) is 3.16. The summed E-state index contributed by atoms with van der Waals surface area (Å²) in [5.41, 5.74) is 0.965. The van der Waals surface area contributed by atoms with E-state index < -0.39 is 0 Å². The zero-order valence-corrected chi connectivity index (χ0v) is 15.5. The first-order valence-corrected chi connectivity index (χ1v) is 9.11. The second kappa shape index (κ2) is 6.92. The predicted octanol–water partition coefficient (Wildman–Crippen LogP) is 2.82. The average molecular weight is 358 g/mol. The lowest BCUT2D eigenvalue weighted by atomic mass is 9.98. The molecule has 1 atom stereocenters. The zero-order valence-electron chi connectivity index (χ0n) is 14.7. The molecule has 0 unspecified atom stereocenters. The van der Waals surface area contributed by atoms with E-state index in [9.17, 15) is 9.59 Å². The number of nitrogens with one attached hydrogen (secondary N) is 1. The van der Waals surface area contributed by atoms with Crippen LogP contribution in [-0.4, -0.2) is 33.5 Å². The lowest BCUT2D eigenvalue weighted by Crippen LogP contribution is -2.28. The van der Waals surface area contributed by atoms with Crippen molar-refractivity contribution in [3.63, 3.8) is 0 Å². The molecule has 1 aromatic carbocycles. The van der Waals surface area contributed by atoms with Crippen molar-refractivity contribution in [2.24, 2.45) is 5.92 Å². The molecule has 0 aliphatic carbocycles. The third-order valence-electron chi connectivity index (χ3n) is 4.10. The van der Waals surface area contributed by atoms with E-state index in [-0.39, 0.29) is 29.6 Å². The summed E-state index contributed by atoms with van der Waals surface area (Å²) in [6, 6.07) is 9.80. The maximum absolute atomic E-state index is 12.5. The summed E-state index contributed by atoms with van der Waals surface area (Å²) in [4.78, 5) is 26.4. The number of carbonyl (C=O) groups is 2. The van der Waals surface area contributed by atoms with Gasteiger partial charge in [-0.15, -0.1) is 10.2 Å². The van der Waals surface area contributed by atoms with Gasteiger partial charge in [0.1, 0.15) is 5.01 Å². The van der Waals surface area contributed by atoms with Crippen LogP contribution in [0.4, 0.5) is 5.13 Å². The van der Waals surface area contributed by atoms with Crippen LogP contribution < -0.4 is 5.32 Å². The van der Waals surface area contributed by atoms with Crippen LogP contribution >= 0.6 is 11.3 Å². The number of nitrogens with zero attached hydrogens (tertiary/aromatic N) is 3. The number of hydrogen-bond acceptors (Lipinski definition) is 5. The normalized spacial score (nSPS) is 17.8. The number of anilines is 1. The van der Waals surface area contributed by atoms with E-state index in [0.717, 1.165) is 10.6 Å². The van der Waals surface area contributed by atoms with E-state index >= 15 is 0 Å². The number of benzene rings is 1. The van der Waals surface area contributed by atoms with Gasteiger partial charge in [-0.2, -0.15) is 0 Å². The van der Waals surface area contributed by atoms with Crippen LogP contribution in [0.25, 0.3) is 0 Å². The standard InChI is InChI=1S/C18H22N4O2S/c1-18(2,3)16-20-21-17(25-16)19-15(24)13-9-14(23)22(11-13)10-12-7-5-4-6-8-12/h4-8,13H,9-11H2,1-3H3,(H,19,21,24)/t13-/m1/s1. The Hall–Kier alpha value is -2.28. The highest BCUT2D eigenvalue weighted by molar-refractivity contribution is 7.15. The monoisotopic (exact) mass is 358 g/mol. The summed E-state index contributed by atoms with van der Waals surface area (Å²) in [5, 5.41) is 12.3. The SMILES string of the molecule is CC(C)(C)c1nnc(NC(=O)[C@@H]2CC(=O)N(Cc3ccccc3)C2)s1. The van der Waals surface area contributed by atoms with Gasteiger partial charge < -0.3 is 10.2 Å². The molecule has 1 aromatic heterocycles. The molecule has 0 radical (unpaired) electrons. The van der Waals surface area contributed by atoms with Crippen LogP contribution in [0.1, 0.15) is 37.8 Å². The molecule has 1 aliphatic heterocycles. The minimum Gasteiger partial charge on any atom is -0.338 e. The molecule has 0 bridgehead atoms. The second-order valence-electron chi connectivity index (χ2n) is 7.31. The van der Waals surface area contributed by atoms with Gasteiger partial charge in [-0.25, -0.2) is 0 Å². The summed E-state index contributed by atoms with van der Waals surface area (Å²) >= 11 is 1.38. The fourth-order valence-electron chi connectivity index (χ4n) is 2.69. The Labute approximate surface area is 151 Å². The number of rotatable bonds is 4. The summed E-state index contributed by atoms with van der Waals surface area (Å²) in [6.45, 7) is 7.13. The van der Waals surface area contributed by atoms with Crippen molar-refractivity contribution >= 4 is 28.3 Å². The van der Waals surface area contributed by atoms with Crippen LogP contribution in [0.15, 0.2) is 30.3 Å². The maximum atomic E-state index is 12.5. The predicted molar refractivity (Wildman–Crippen MR) is 97.2 cm³/mol. The molecule has 2 amide bonds. The highest BCUT2D eigenvalue weighted by Gasteiger charge is 2.34. The molecule has 1 saturated heterocycles. The summed E-state index contributed by atoms with van der Waals surface area (Å²) < 4.78 is 0. The molecule has 1 fully saturated rings. The fourth-order valence-corrected chi connectivity index (χ4v) is 3.49. The van der Waals surface area contributed by atoms with Gasteiger partial charge in [0.25, 0.3) is 0 Å². The molecule has 0 spiro atoms. The number of likely N-dealkylation sites (tertiary alicyclic amines) is 1. The van der Waals surface area contributed by atoms with Gasteiger partial charge in [0.2, 0.25) is 16.9 Å². The number of hydrogen-bond donors (Lipinski definition) is 1.